The van der Waals surface area contributed by atoms with E-state index in [0.717, 1.165) is 25.2 Å². The number of amides is 3. The first-order valence-corrected chi connectivity index (χ1v) is 15.3. The average molecular weight is 577 g/mol. The molecule has 5 rings (SSSR count). The van der Waals surface area contributed by atoms with Crippen molar-refractivity contribution in [2.24, 2.45) is 17.8 Å². The highest BCUT2D eigenvalue weighted by Crippen LogP contribution is 2.66. The lowest BCUT2D eigenvalue weighted by atomic mass is 9.62. The summed E-state index contributed by atoms with van der Waals surface area (Å²) in [6.07, 6.45) is 1.22. The second kappa shape index (κ2) is 11.7. The normalized spacial score (nSPS) is 30.2. The number of hydrogen-bond donors (Lipinski definition) is 3. The van der Waals surface area contributed by atoms with Gasteiger partial charge in [0.15, 0.2) is 0 Å². The zero-order chi connectivity index (χ0) is 30.2. The quantitative estimate of drug-likeness (QED) is 0.376. The predicted molar refractivity (Wildman–Crippen MR) is 162 cm³/mol. The number of carbonyl (C=O) groups is 3. The van der Waals surface area contributed by atoms with Gasteiger partial charge in [0.2, 0.25) is 17.7 Å². The Kier molecular flexibility index (Phi) is 8.36. The minimum absolute atomic E-state index is 0.0631. The molecule has 9 nitrogen and oxygen atoms in total. The number of nitrogens with one attached hydrogen (secondary N) is 2. The van der Waals surface area contributed by atoms with Crippen molar-refractivity contribution in [2.75, 3.05) is 36.5 Å². The predicted octanol–water partition coefficient (Wildman–Crippen LogP) is 3.74. The summed E-state index contributed by atoms with van der Waals surface area (Å²) in [4.78, 5) is 46.2. The molecule has 3 heterocycles. The third kappa shape index (κ3) is 4.67. The Morgan fingerprint density at radius 1 is 1.07 bits per heavy atom. The summed E-state index contributed by atoms with van der Waals surface area (Å²) in [6, 6.07) is 15.1. The molecule has 3 aliphatic rings. The summed E-state index contributed by atoms with van der Waals surface area (Å²) in [5.74, 6) is -2.59. The maximum Gasteiger partial charge on any atom is 0.250 e. The van der Waals surface area contributed by atoms with Crippen molar-refractivity contribution in [3.05, 3.63) is 60.2 Å². The third-order valence-electron chi connectivity index (χ3n) is 9.79. The van der Waals surface area contributed by atoms with Crippen LogP contribution in [0.5, 0.6) is 0 Å². The summed E-state index contributed by atoms with van der Waals surface area (Å²) in [5, 5.41) is 16.7. The summed E-state index contributed by atoms with van der Waals surface area (Å²) in [6.45, 7) is 12.0. The third-order valence-corrected chi connectivity index (χ3v) is 9.79. The smallest absolute Gasteiger partial charge is 0.250 e. The molecular weight excluding hydrogens is 532 g/mol. The number of ether oxygens (including phenoxy) is 1. The summed E-state index contributed by atoms with van der Waals surface area (Å²) in [7, 11) is 0. The Hall–Kier alpha value is -3.43. The van der Waals surface area contributed by atoms with E-state index in [-0.39, 0.29) is 30.2 Å². The first kappa shape index (κ1) is 30.0. The molecule has 3 aliphatic heterocycles. The van der Waals surface area contributed by atoms with Crippen LogP contribution in [0.15, 0.2) is 54.6 Å². The molecule has 3 fully saturated rings. The van der Waals surface area contributed by atoms with Gasteiger partial charge < -0.3 is 30.3 Å². The van der Waals surface area contributed by atoms with E-state index in [4.69, 9.17) is 4.74 Å². The fourth-order valence-corrected chi connectivity index (χ4v) is 7.65. The molecule has 3 saturated heterocycles. The lowest BCUT2D eigenvalue weighted by Crippen LogP contribution is -2.55. The van der Waals surface area contributed by atoms with Crippen LogP contribution in [0.1, 0.15) is 59.1 Å². The van der Waals surface area contributed by atoms with Gasteiger partial charge in [-0.15, -0.1) is 0 Å². The van der Waals surface area contributed by atoms with Gasteiger partial charge in [-0.05, 0) is 69.4 Å². The minimum atomic E-state index is -1.20. The highest BCUT2D eigenvalue weighted by molar-refractivity contribution is 6.04. The monoisotopic (exact) mass is 576 g/mol. The largest absolute Gasteiger partial charge is 0.394 e. The Balaban J connectivity index is 1.56. The second-order valence-electron chi connectivity index (χ2n) is 12.1. The number of aliphatic hydroxyl groups excluding tert-OH is 1. The summed E-state index contributed by atoms with van der Waals surface area (Å²) >= 11 is 0. The lowest BCUT2D eigenvalue weighted by molar-refractivity contribution is -0.149. The number of hydrogen-bond acceptors (Lipinski definition) is 6. The fourth-order valence-electron chi connectivity index (χ4n) is 7.65. The molecule has 3 unspecified atom stereocenters. The first-order valence-electron chi connectivity index (χ1n) is 15.3. The first-order chi connectivity index (χ1) is 20.2. The molecule has 3 N–H and O–H groups in total. The Labute approximate surface area is 248 Å². The Bertz CT molecular complexity index is 1300. The maximum atomic E-state index is 14.5. The molecule has 0 aliphatic carbocycles. The zero-order valence-electron chi connectivity index (χ0n) is 25.3. The molecule has 9 heteroatoms. The van der Waals surface area contributed by atoms with Crippen LogP contribution in [0.25, 0.3) is 0 Å². The van der Waals surface area contributed by atoms with Crippen LogP contribution >= 0.6 is 0 Å². The van der Waals surface area contributed by atoms with Crippen molar-refractivity contribution < 1.29 is 24.2 Å². The number of likely N-dealkylation sites (tertiary alicyclic amines) is 1. The average Bonchev–Trinajstić information content (AvgIpc) is 3.51. The number of anilines is 2. The molecule has 226 valence electrons. The number of carbonyl (C=O) groups excluding carboxylic acids is 3. The van der Waals surface area contributed by atoms with Gasteiger partial charge in [-0.1, -0.05) is 44.2 Å². The molecule has 0 radical (unpaired) electrons. The van der Waals surface area contributed by atoms with E-state index in [2.05, 4.69) is 29.4 Å². The minimum Gasteiger partial charge on any atom is -0.394 e. The lowest BCUT2D eigenvalue weighted by Gasteiger charge is -2.37. The Morgan fingerprint density at radius 2 is 1.74 bits per heavy atom. The van der Waals surface area contributed by atoms with Crippen LogP contribution < -0.4 is 15.5 Å². The molecule has 3 amide bonds. The van der Waals surface area contributed by atoms with Crippen molar-refractivity contribution in [1.82, 2.24) is 10.2 Å². The van der Waals surface area contributed by atoms with Crippen LogP contribution in [0.2, 0.25) is 0 Å². The molecular formula is C33H44N4O5. The molecule has 42 heavy (non-hydrogen) atoms. The van der Waals surface area contributed by atoms with Gasteiger partial charge in [0.1, 0.15) is 11.6 Å². The second-order valence-corrected chi connectivity index (χ2v) is 12.1. The van der Waals surface area contributed by atoms with Crippen molar-refractivity contribution in [3.63, 3.8) is 0 Å². The molecule has 0 saturated carbocycles. The van der Waals surface area contributed by atoms with Crippen LogP contribution in [-0.2, 0) is 19.1 Å². The van der Waals surface area contributed by atoms with Gasteiger partial charge in [0, 0.05) is 31.0 Å². The summed E-state index contributed by atoms with van der Waals surface area (Å²) in [5.41, 5.74) is 0.279. The van der Waals surface area contributed by atoms with Crippen molar-refractivity contribution in [3.8, 4) is 0 Å². The molecule has 2 aromatic carbocycles. The fraction of sp³-hybridized carbons (Fsp3) is 0.545. The number of benzene rings is 2. The van der Waals surface area contributed by atoms with Crippen LogP contribution in [0.4, 0.5) is 11.4 Å². The standard InChI is InChI=1S/C33H44N4O5/c1-6-18-34-29(39)26-27-31(41)37(25(20-38)22-12-10-9-11-13-22)28(33(27)19-21(4)32(26,5)42-33)30(40)35-23-14-16-24(17-15-23)36(7-2)8-3/h9-17,21,25-28,38H,6-8,18-20H2,1-5H3,(H,34,39)(H,35,40)/t21?,25-,26+,27+,28?,32-,33?/m1/s1. The van der Waals surface area contributed by atoms with Gasteiger partial charge in [-0.25, -0.2) is 0 Å². The van der Waals surface area contributed by atoms with E-state index < -0.39 is 35.1 Å². The highest BCUT2D eigenvalue weighted by Gasteiger charge is 2.80. The Morgan fingerprint density at radius 3 is 2.33 bits per heavy atom. The van der Waals surface area contributed by atoms with Gasteiger partial charge in [-0.2, -0.15) is 0 Å². The maximum absolute atomic E-state index is 14.5. The van der Waals surface area contributed by atoms with Gasteiger partial charge >= 0.3 is 0 Å². The SMILES string of the molecule is CCCNC(=O)[C@@H]1[C@H]2C(=O)N([C@H](CO)c3ccccc3)C(C(=O)Nc3ccc(N(CC)CC)cc3)C23CC(C)[C@@]1(C)O3. The van der Waals surface area contributed by atoms with E-state index in [1.165, 1.54) is 4.90 Å². The molecule has 2 aromatic rings. The van der Waals surface area contributed by atoms with Crippen molar-refractivity contribution in [2.45, 2.75) is 70.7 Å². The molecule has 1 spiro atoms. The number of aliphatic hydroxyl groups is 1. The topological polar surface area (TPSA) is 111 Å². The van der Waals surface area contributed by atoms with Crippen LogP contribution in [0, 0.1) is 17.8 Å². The van der Waals surface area contributed by atoms with Gasteiger partial charge in [0.05, 0.1) is 30.1 Å². The van der Waals surface area contributed by atoms with Crippen molar-refractivity contribution in [1.29, 1.82) is 0 Å². The zero-order valence-corrected chi connectivity index (χ0v) is 25.3. The van der Waals surface area contributed by atoms with Gasteiger partial charge in [0.25, 0.3) is 0 Å². The van der Waals surface area contributed by atoms with Crippen molar-refractivity contribution >= 4 is 29.1 Å². The summed E-state index contributed by atoms with van der Waals surface area (Å²) < 4.78 is 6.81. The van der Waals surface area contributed by atoms with Crippen LogP contribution in [-0.4, -0.2) is 71.2 Å². The molecule has 2 bridgehead atoms. The van der Waals surface area contributed by atoms with E-state index in [1.807, 2.05) is 75.4 Å². The van der Waals surface area contributed by atoms with E-state index in [9.17, 15) is 19.5 Å². The van der Waals surface area contributed by atoms with Gasteiger partial charge in [-0.3, -0.25) is 14.4 Å². The van der Waals surface area contributed by atoms with Crippen LogP contribution in [0.3, 0.4) is 0 Å². The van der Waals surface area contributed by atoms with E-state index in [1.54, 1.807) is 0 Å². The van der Waals surface area contributed by atoms with E-state index >= 15 is 0 Å². The molecule has 7 atom stereocenters. The highest BCUT2D eigenvalue weighted by atomic mass is 16.5. The number of rotatable bonds is 11. The number of nitrogens with zero attached hydrogens (tertiary/aromatic N) is 2. The number of fused-ring (bicyclic) bond motifs is 1. The van der Waals surface area contributed by atoms with E-state index in [0.29, 0.717) is 24.2 Å². The molecule has 0 aromatic heterocycles.